The highest BCUT2D eigenvalue weighted by Gasteiger charge is 2.08. The van der Waals surface area contributed by atoms with Gasteiger partial charge in [0.25, 0.3) is 11.3 Å². The molecule has 0 fully saturated rings. The van der Waals surface area contributed by atoms with Crippen molar-refractivity contribution in [3.05, 3.63) is 74.3 Å². The molecule has 3 N–H and O–H groups in total. The smallest absolute Gasteiger partial charge is 0.274 e. The normalized spacial score (nSPS) is 11.0. The minimum absolute atomic E-state index is 0.188. The predicted octanol–water partition coefficient (Wildman–Crippen LogP) is 3.01. The van der Waals surface area contributed by atoms with Gasteiger partial charge in [-0.15, -0.1) is 11.3 Å². The molecule has 0 saturated heterocycles. The minimum Gasteiger partial charge on any atom is -0.379 e. The number of nitrogens with zero attached hydrogens (tertiary/aromatic N) is 3. The molecule has 0 amide bonds. The first-order valence-corrected chi connectivity index (χ1v) is 9.11. The maximum atomic E-state index is 12.3. The molecule has 3 aromatic heterocycles. The summed E-state index contributed by atoms with van der Waals surface area (Å²) >= 11 is 1.66. The van der Waals surface area contributed by atoms with E-state index in [-0.39, 0.29) is 5.56 Å². The number of hydrogen-bond acceptors (Lipinski definition) is 6. The molecule has 4 rings (SSSR count). The van der Waals surface area contributed by atoms with Crippen LogP contribution in [0.4, 0.5) is 11.6 Å². The highest BCUT2D eigenvalue weighted by molar-refractivity contribution is 7.09. The van der Waals surface area contributed by atoms with Crippen molar-refractivity contribution in [2.45, 2.75) is 20.0 Å². The Morgan fingerprint density at radius 1 is 1.12 bits per heavy atom. The van der Waals surface area contributed by atoms with Crippen LogP contribution in [-0.2, 0) is 13.1 Å². The van der Waals surface area contributed by atoms with Gasteiger partial charge in [0.15, 0.2) is 0 Å². The highest BCUT2D eigenvalue weighted by atomic mass is 32.1. The Balaban J connectivity index is 1.50. The van der Waals surface area contributed by atoms with E-state index in [0.717, 1.165) is 5.69 Å². The summed E-state index contributed by atoms with van der Waals surface area (Å²) in [7, 11) is 0. The van der Waals surface area contributed by atoms with Crippen LogP contribution < -0.4 is 16.2 Å². The number of aromatic nitrogens is 4. The minimum atomic E-state index is -0.188. The van der Waals surface area contributed by atoms with Gasteiger partial charge in [0.1, 0.15) is 0 Å². The van der Waals surface area contributed by atoms with Crippen molar-refractivity contribution < 1.29 is 0 Å². The number of rotatable bonds is 6. The third-order valence-electron chi connectivity index (χ3n) is 3.92. The number of fused-ring (bicyclic) bond motifs is 1. The number of hydrogen-bond donors (Lipinski definition) is 3. The van der Waals surface area contributed by atoms with Gasteiger partial charge in [-0.2, -0.15) is 9.50 Å². The Bertz CT molecular complexity index is 1070. The first-order valence-electron chi connectivity index (χ1n) is 8.23. The molecule has 0 saturated carbocycles. The first kappa shape index (κ1) is 16.3. The molecule has 8 heteroatoms. The van der Waals surface area contributed by atoms with Crippen LogP contribution >= 0.6 is 11.3 Å². The predicted molar refractivity (Wildman–Crippen MR) is 104 cm³/mol. The van der Waals surface area contributed by atoms with Crippen molar-refractivity contribution in [2.24, 2.45) is 0 Å². The molecule has 4 aromatic rings. The van der Waals surface area contributed by atoms with E-state index in [1.807, 2.05) is 48.7 Å². The summed E-state index contributed by atoms with van der Waals surface area (Å²) in [5.74, 6) is 0.874. The average molecular weight is 366 g/mol. The molecule has 26 heavy (non-hydrogen) atoms. The standard InChI is InChI=1S/C18H18N6OS/c1-12-4-6-13(7-5-12)19-10-14-9-16(25)24-18(21-14)22-17(23-24)20-11-15-3-2-8-26-15/h2-9,19H,10-11H2,1H3,(H2,20,21,22,23). The van der Waals surface area contributed by atoms with Gasteiger partial charge < -0.3 is 10.6 Å². The lowest BCUT2D eigenvalue weighted by molar-refractivity contribution is 0.875. The van der Waals surface area contributed by atoms with Gasteiger partial charge in [-0.05, 0) is 30.5 Å². The van der Waals surface area contributed by atoms with Crippen molar-refractivity contribution in [1.29, 1.82) is 0 Å². The zero-order valence-corrected chi connectivity index (χ0v) is 15.0. The molecular weight excluding hydrogens is 348 g/mol. The number of aromatic amines is 1. The second kappa shape index (κ2) is 7.01. The molecule has 0 spiro atoms. The monoisotopic (exact) mass is 366 g/mol. The first-order chi connectivity index (χ1) is 12.7. The van der Waals surface area contributed by atoms with E-state index in [4.69, 9.17) is 0 Å². The highest BCUT2D eigenvalue weighted by Crippen LogP contribution is 2.12. The largest absolute Gasteiger partial charge is 0.379 e. The molecule has 0 bridgehead atoms. The molecule has 132 valence electrons. The van der Waals surface area contributed by atoms with Gasteiger partial charge in [0, 0.05) is 16.6 Å². The van der Waals surface area contributed by atoms with E-state index in [1.54, 1.807) is 11.3 Å². The molecule has 0 atom stereocenters. The maximum absolute atomic E-state index is 12.3. The summed E-state index contributed by atoms with van der Waals surface area (Å²) in [6.45, 7) is 3.15. The third-order valence-corrected chi connectivity index (χ3v) is 4.80. The molecule has 7 nitrogen and oxygen atoms in total. The number of benzene rings is 1. The van der Waals surface area contributed by atoms with Crippen LogP contribution in [0.3, 0.4) is 0 Å². The summed E-state index contributed by atoms with van der Waals surface area (Å²) in [6.07, 6.45) is 0. The van der Waals surface area contributed by atoms with Gasteiger partial charge in [0.2, 0.25) is 5.95 Å². The fourth-order valence-corrected chi connectivity index (χ4v) is 3.19. The van der Waals surface area contributed by atoms with Crippen LogP contribution in [0.1, 0.15) is 16.1 Å². The Morgan fingerprint density at radius 3 is 2.73 bits per heavy atom. The quantitative estimate of drug-likeness (QED) is 0.488. The molecule has 1 aromatic carbocycles. The second-order valence-electron chi connectivity index (χ2n) is 5.95. The Labute approximate surface area is 153 Å². The summed E-state index contributed by atoms with van der Waals surface area (Å²) in [6, 6.07) is 13.6. The fraction of sp³-hybridized carbons (Fsp3) is 0.167. The van der Waals surface area contributed by atoms with E-state index in [1.165, 1.54) is 21.0 Å². The SMILES string of the molecule is Cc1ccc(NCc2cc(=O)n3[nH]c(NCc4cccs4)nc3n2)cc1. The summed E-state index contributed by atoms with van der Waals surface area (Å²) < 4.78 is 1.34. The van der Waals surface area contributed by atoms with Crippen LogP contribution in [0.25, 0.3) is 5.78 Å². The van der Waals surface area contributed by atoms with Crippen LogP contribution in [-0.4, -0.2) is 19.6 Å². The fourth-order valence-electron chi connectivity index (χ4n) is 2.55. The van der Waals surface area contributed by atoms with Crippen molar-refractivity contribution in [3.8, 4) is 0 Å². The van der Waals surface area contributed by atoms with Gasteiger partial charge >= 0.3 is 0 Å². The van der Waals surface area contributed by atoms with Crippen molar-refractivity contribution in [2.75, 3.05) is 10.6 Å². The molecular formula is C18H18N6OS. The number of thiophene rings is 1. The summed E-state index contributed by atoms with van der Waals surface area (Å²) in [5, 5.41) is 11.4. The maximum Gasteiger partial charge on any atom is 0.274 e. The van der Waals surface area contributed by atoms with Gasteiger partial charge in [-0.1, -0.05) is 23.8 Å². The van der Waals surface area contributed by atoms with Crippen molar-refractivity contribution >= 4 is 28.8 Å². The Kier molecular flexibility index (Phi) is 4.40. The van der Waals surface area contributed by atoms with E-state index in [0.29, 0.717) is 30.5 Å². The van der Waals surface area contributed by atoms with Crippen molar-refractivity contribution in [3.63, 3.8) is 0 Å². The van der Waals surface area contributed by atoms with E-state index < -0.39 is 0 Å². The van der Waals surface area contributed by atoms with E-state index in [9.17, 15) is 4.79 Å². The Morgan fingerprint density at radius 2 is 1.96 bits per heavy atom. The lowest BCUT2D eigenvalue weighted by atomic mass is 10.2. The number of aryl methyl sites for hydroxylation is 1. The summed E-state index contributed by atoms with van der Waals surface area (Å²) in [4.78, 5) is 22.3. The van der Waals surface area contributed by atoms with Crippen molar-refractivity contribution in [1.82, 2.24) is 19.6 Å². The summed E-state index contributed by atoms with van der Waals surface area (Å²) in [5.41, 5.74) is 2.64. The molecule has 3 heterocycles. The van der Waals surface area contributed by atoms with Crippen LogP contribution in [0.2, 0.25) is 0 Å². The molecule has 0 aliphatic heterocycles. The van der Waals surface area contributed by atoms with Gasteiger partial charge in [0.05, 0.1) is 18.8 Å². The molecule has 0 radical (unpaired) electrons. The van der Waals surface area contributed by atoms with Crippen LogP contribution in [0, 0.1) is 6.92 Å². The topological polar surface area (TPSA) is 87.1 Å². The second-order valence-corrected chi connectivity index (χ2v) is 6.98. The molecule has 0 aliphatic carbocycles. The zero-order valence-electron chi connectivity index (χ0n) is 14.2. The van der Waals surface area contributed by atoms with E-state index >= 15 is 0 Å². The number of nitrogens with one attached hydrogen (secondary N) is 3. The van der Waals surface area contributed by atoms with Crippen LogP contribution in [0.15, 0.2) is 52.6 Å². The lowest BCUT2D eigenvalue weighted by Gasteiger charge is -2.05. The molecule has 0 unspecified atom stereocenters. The zero-order chi connectivity index (χ0) is 17.9. The lowest BCUT2D eigenvalue weighted by Crippen LogP contribution is -2.17. The van der Waals surface area contributed by atoms with Gasteiger partial charge in [-0.3, -0.25) is 9.89 Å². The van der Waals surface area contributed by atoms with E-state index in [2.05, 4.69) is 25.7 Å². The number of anilines is 2. The van der Waals surface area contributed by atoms with Gasteiger partial charge in [-0.25, -0.2) is 4.98 Å². The third kappa shape index (κ3) is 3.60. The Hall–Kier alpha value is -3.13. The molecule has 0 aliphatic rings. The average Bonchev–Trinajstić information content (AvgIpc) is 3.29. The van der Waals surface area contributed by atoms with Crippen LogP contribution in [0.5, 0.6) is 0 Å². The number of H-pyrrole nitrogens is 1.